The third kappa shape index (κ3) is 2.57. The van der Waals surface area contributed by atoms with Crippen LogP contribution in [0.5, 0.6) is 0 Å². The molecule has 0 aliphatic heterocycles. The molecule has 0 radical (unpaired) electrons. The smallest absolute Gasteiger partial charge is 0.255 e. The number of aryl methyl sites for hydroxylation is 2. The molecule has 3 heteroatoms. The zero-order chi connectivity index (χ0) is 16.5. The van der Waals surface area contributed by atoms with Crippen molar-refractivity contribution in [2.45, 2.75) is 19.4 Å². The number of carbonyl (C=O) groups is 1. The van der Waals surface area contributed by atoms with E-state index in [2.05, 4.69) is 29.6 Å². The van der Waals surface area contributed by atoms with E-state index in [0.717, 1.165) is 29.5 Å². The first-order valence-electron chi connectivity index (χ1n) is 8.19. The summed E-state index contributed by atoms with van der Waals surface area (Å²) in [6, 6.07) is 18.0. The van der Waals surface area contributed by atoms with Crippen molar-refractivity contribution in [3.8, 4) is 0 Å². The average Bonchev–Trinajstić information content (AvgIpc) is 3.03. The highest BCUT2D eigenvalue weighted by atomic mass is 16.5. The molecule has 0 bridgehead atoms. The molecule has 1 aliphatic rings. The van der Waals surface area contributed by atoms with Gasteiger partial charge in [0.05, 0.1) is 6.61 Å². The number of rotatable bonds is 4. The summed E-state index contributed by atoms with van der Waals surface area (Å²) in [4.78, 5) is 12.6. The molecule has 4 rings (SSSR count). The van der Waals surface area contributed by atoms with Crippen LogP contribution in [0.1, 0.15) is 27.0 Å². The molecule has 0 unspecified atom stereocenters. The lowest BCUT2D eigenvalue weighted by molar-refractivity contribution is 0.102. The number of nitrogens with one attached hydrogen (secondary N) is 1. The third-order valence-electron chi connectivity index (χ3n) is 4.63. The van der Waals surface area contributed by atoms with Crippen LogP contribution < -0.4 is 5.32 Å². The van der Waals surface area contributed by atoms with Crippen LogP contribution in [-0.4, -0.2) is 13.0 Å². The third-order valence-corrected chi connectivity index (χ3v) is 4.63. The van der Waals surface area contributed by atoms with Crippen molar-refractivity contribution in [3.63, 3.8) is 0 Å². The van der Waals surface area contributed by atoms with Gasteiger partial charge in [-0.15, -0.1) is 0 Å². The van der Waals surface area contributed by atoms with Crippen molar-refractivity contribution in [1.82, 2.24) is 0 Å². The second-order valence-corrected chi connectivity index (χ2v) is 6.20. The number of carbonyl (C=O) groups excluding carboxylic acids is 1. The van der Waals surface area contributed by atoms with Gasteiger partial charge < -0.3 is 10.1 Å². The van der Waals surface area contributed by atoms with E-state index in [1.54, 1.807) is 7.11 Å². The molecule has 0 atom stereocenters. The zero-order valence-electron chi connectivity index (χ0n) is 13.6. The molecule has 0 aromatic heterocycles. The molecule has 3 nitrogen and oxygen atoms in total. The van der Waals surface area contributed by atoms with Gasteiger partial charge in [0.1, 0.15) is 0 Å². The van der Waals surface area contributed by atoms with Gasteiger partial charge in [0.2, 0.25) is 0 Å². The lowest BCUT2D eigenvalue weighted by Gasteiger charge is -2.11. The maximum Gasteiger partial charge on any atom is 0.255 e. The van der Waals surface area contributed by atoms with E-state index in [-0.39, 0.29) is 5.91 Å². The number of methoxy groups -OCH3 is 1. The first kappa shape index (κ1) is 14.9. The Morgan fingerprint density at radius 3 is 2.67 bits per heavy atom. The van der Waals surface area contributed by atoms with Crippen LogP contribution in [0.2, 0.25) is 0 Å². The maximum absolute atomic E-state index is 12.6. The van der Waals surface area contributed by atoms with Gasteiger partial charge in [-0.3, -0.25) is 4.79 Å². The van der Waals surface area contributed by atoms with Crippen molar-refractivity contribution >= 4 is 22.4 Å². The molecule has 3 aromatic carbocycles. The largest absolute Gasteiger partial charge is 0.380 e. The van der Waals surface area contributed by atoms with E-state index in [1.165, 1.54) is 16.5 Å². The molecular formula is C21H19NO2. The second-order valence-electron chi connectivity index (χ2n) is 6.20. The van der Waals surface area contributed by atoms with E-state index in [0.29, 0.717) is 12.2 Å². The van der Waals surface area contributed by atoms with Crippen molar-refractivity contribution in [2.75, 3.05) is 12.4 Å². The fourth-order valence-electron chi connectivity index (χ4n) is 3.52. The van der Waals surface area contributed by atoms with Gasteiger partial charge >= 0.3 is 0 Å². The minimum absolute atomic E-state index is 0.0911. The Bertz CT molecular complexity index is 920. The van der Waals surface area contributed by atoms with Crippen LogP contribution in [-0.2, 0) is 24.2 Å². The van der Waals surface area contributed by atoms with Crippen LogP contribution in [0.25, 0.3) is 10.8 Å². The molecule has 0 saturated carbocycles. The molecule has 3 aromatic rings. The molecule has 0 saturated heterocycles. The first-order valence-corrected chi connectivity index (χ1v) is 8.19. The Morgan fingerprint density at radius 1 is 1.04 bits per heavy atom. The molecule has 120 valence electrons. The summed E-state index contributed by atoms with van der Waals surface area (Å²) in [5.74, 6) is -0.0911. The predicted molar refractivity (Wildman–Crippen MR) is 96.5 cm³/mol. The number of ether oxygens (including phenoxy) is 1. The number of hydrogen-bond donors (Lipinski definition) is 1. The van der Waals surface area contributed by atoms with E-state index in [4.69, 9.17) is 4.74 Å². The summed E-state index contributed by atoms with van der Waals surface area (Å²) < 4.78 is 5.14. The summed E-state index contributed by atoms with van der Waals surface area (Å²) in [5, 5.41) is 5.51. The van der Waals surface area contributed by atoms with Crippen LogP contribution in [0.3, 0.4) is 0 Å². The van der Waals surface area contributed by atoms with Gasteiger partial charge in [0.15, 0.2) is 0 Å². The quantitative estimate of drug-likeness (QED) is 0.777. The lowest BCUT2D eigenvalue weighted by atomic mass is 10.0. The van der Waals surface area contributed by atoms with Crippen LogP contribution in [0.15, 0.2) is 54.6 Å². The van der Waals surface area contributed by atoms with Crippen LogP contribution in [0, 0.1) is 0 Å². The standard InChI is InChI=1S/C21H19NO2/c1-24-13-14-4-2-6-17(12-14)21(23)22-19-11-10-16-9-8-15-5-3-7-18(19)20(15)16/h2-7,10-12H,8-9,13H2,1H3,(H,22,23). The normalized spacial score (nSPS) is 12.5. The minimum atomic E-state index is -0.0911. The topological polar surface area (TPSA) is 38.3 Å². The summed E-state index contributed by atoms with van der Waals surface area (Å²) in [6.45, 7) is 0.502. The van der Waals surface area contributed by atoms with Crippen LogP contribution in [0.4, 0.5) is 5.69 Å². The number of benzene rings is 3. The number of anilines is 1. The number of amides is 1. The monoisotopic (exact) mass is 317 g/mol. The van der Waals surface area contributed by atoms with Crippen molar-refractivity contribution in [2.24, 2.45) is 0 Å². The van der Waals surface area contributed by atoms with Crippen molar-refractivity contribution < 1.29 is 9.53 Å². The summed E-state index contributed by atoms with van der Waals surface area (Å²) in [5.41, 5.74) is 5.26. The Morgan fingerprint density at radius 2 is 1.83 bits per heavy atom. The Hall–Kier alpha value is -2.65. The molecule has 0 heterocycles. The summed E-state index contributed by atoms with van der Waals surface area (Å²) >= 11 is 0. The molecule has 1 amide bonds. The highest BCUT2D eigenvalue weighted by Gasteiger charge is 2.17. The maximum atomic E-state index is 12.6. The van der Waals surface area contributed by atoms with Gasteiger partial charge in [0.25, 0.3) is 5.91 Å². The molecular weight excluding hydrogens is 298 g/mol. The van der Waals surface area contributed by atoms with E-state index in [1.807, 2.05) is 30.3 Å². The van der Waals surface area contributed by atoms with Gasteiger partial charge in [-0.05, 0) is 53.1 Å². The fourth-order valence-corrected chi connectivity index (χ4v) is 3.52. The first-order chi connectivity index (χ1) is 11.8. The summed E-state index contributed by atoms with van der Waals surface area (Å²) in [6.07, 6.45) is 2.17. The molecule has 1 aliphatic carbocycles. The minimum Gasteiger partial charge on any atom is -0.380 e. The molecule has 1 N–H and O–H groups in total. The predicted octanol–water partition coefficient (Wildman–Crippen LogP) is 4.34. The molecule has 0 spiro atoms. The van der Waals surface area contributed by atoms with E-state index < -0.39 is 0 Å². The Kier molecular flexibility index (Phi) is 3.79. The van der Waals surface area contributed by atoms with Crippen LogP contribution >= 0.6 is 0 Å². The van der Waals surface area contributed by atoms with E-state index in [9.17, 15) is 4.79 Å². The van der Waals surface area contributed by atoms with Gasteiger partial charge in [-0.1, -0.05) is 36.4 Å². The SMILES string of the molecule is COCc1cccc(C(=O)Nc2ccc3c4c(cccc24)CC3)c1. The highest BCUT2D eigenvalue weighted by molar-refractivity contribution is 6.10. The Balaban J connectivity index is 1.68. The molecule has 24 heavy (non-hydrogen) atoms. The second kappa shape index (κ2) is 6.10. The Labute approximate surface area is 141 Å². The zero-order valence-corrected chi connectivity index (χ0v) is 13.6. The van der Waals surface area contributed by atoms with Crippen molar-refractivity contribution in [1.29, 1.82) is 0 Å². The van der Waals surface area contributed by atoms with Gasteiger partial charge in [-0.25, -0.2) is 0 Å². The molecule has 0 fully saturated rings. The van der Waals surface area contributed by atoms with E-state index >= 15 is 0 Å². The fraction of sp³-hybridized carbons (Fsp3) is 0.190. The van der Waals surface area contributed by atoms with Gasteiger partial charge in [0, 0.05) is 23.7 Å². The summed E-state index contributed by atoms with van der Waals surface area (Å²) in [7, 11) is 1.65. The van der Waals surface area contributed by atoms with Gasteiger partial charge in [-0.2, -0.15) is 0 Å². The van der Waals surface area contributed by atoms with Crippen molar-refractivity contribution in [3.05, 3.63) is 76.9 Å². The highest BCUT2D eigenvalue weighted by Crippen LogP contribution is 2.35. The average molecular weight is 317 g/mol. The lowest BCUT2D eigenvalue weighted by Crippen LogP contribution is -2.12. The number of hydrogen-bond acceptors (Lipinski definition) is 2.